The van der Waals surface area contributed by atoms with Crippen molar-refractivity contribution < 1.29 is 48.3 Å². The molecule has 2 amide bonds. The summed E-state index contributed by atoms with van der Waals surface area (Å²) >= 11 is 0. The molecule has 2 aromatic heterocycles. The minimum atomic E-state index is -1.23. The van der Waals surface area contributed by atoms with E-state index in [1.165, 1.54) is 12.1 Å². The zero-order valence-corrected chi connectivity index (χ0v) is 34.0. The van der Waals surface area contributed by atoms with Crippen LogP contribution in [0.1, 0.15) is 61.5 Å². The van der Waals surface area contributed by atoms with E-state index < -0.39 is 23.9 Å². The predicted octanol–water partition coefficient (Wildman–Crippen LogP) is 4.02. The van der Waals surface area contributed by atoms with E-state index in [-0.39, 0.29) is 75.5 Å². The zero-order valence-electron chi connectivity index (χ0n) is 34.0. The number of hydrogen-bond donors (Lipinski definition) is 3. The van der Waals surface area contributed by atoms with Gasteiger partial charge in [-0.1, -0.05) is 66.7 Å². The highest BCUT2D eigenvalue weighted by atomic mass is 16.5. The van der Waals surface area contributed by atoms with Crippen LogP contribution < -0.4 is 10.2 Å². The predicted molar refractivity (Wildman–Crippen MR) is 226 cm³/mol. The second kappa shape index (κ2) is 23.2. The minimum Gasteiger partial charge on any atom is -0.477 e. The van der Waals surface area contributed by atoms with Gasteiger partial charge in [-0.15, -0.1) is 0 Å². The molecule has 16 heteroatoms. The Hall–Kier alpha value is -5.88. The van der Waals surface area contributed by atoms with E-state index in [2.05, 4.69) is 26.3 Å². The largest absolute Gasteiger partial charge is 0.477 e. The molecule has 0 saturated carbocycles. The molecule has 16 nitrogen and oxygen atoms in total. The van der Waals surface area contributed by atoms with Crippen molar-refractivity contribution in [1.82, 2.24) is 25.1 Å². The van der Waals surface area contributed by atoms with Crippen molar-refractivity contribution in [1.29, 1.82) is 0 Å². The molecule has 0 bridgehead atoms. The number of carbonyl (C=O) groups is 4. The van der Waals surface area contributed by atoms with Crippen molar-refractivity contribution in [3.63, 3.8) is 0 Å². The third kappa shape index (κ3) is 13.3. The second-order valence-corrected chi connectivity index (χ2v) is 14.3. The molecule has 0 aliphatic carbocycles. The Kier molecular flexibility index (Phi) is 17.0. The number of benzene rings is 2. The van der Waals surface area contributed by atoms with Gasteiger partial charge in [-0.2, -0.15) is 0 Å². The molecular weight excluding hydrogens is 785 g/mol. The number of para-hydroxylation sites is 1. The van der Waals surface area contributed by atoms with Crippen molar-refractivity contribution in [2.45, 2.75) is 25.6 Å². The summed E-state index contributed by atoms with van der Waals surface area (Å²) in [6.45, 7) is 4.84. The number of hydrogen-bond acceptors (Lipinski definition) is 12. The summed E-state index contributed by atoms with van der Waals surface area (Å²) in [5.74, 6) is -2.93. The van der Waals surface area contributed by atoms with Crippen molar-refractivity contribution >= 4 is 41.6 Å². The molecule has 6 rings (SSSR count). The first-order valence-electron chi connectivity index (χ1n) is 20.4. The number of carbonyl (C=O) groups excluding carboxylic acids is 2. The van der Waals surface area contributed by atoms with E-state index in [1.807, 2.05) is 59.5 Å². The van der Waals surface area contributed by atoms with Crippen LogP contribution in [0.4, 0.5) is 5.69 Å². The maximum absolute atomic E-state index is 14.2. The maximum Gasteiger partial charge on any atom is 0.354 e. The Bertz CT molecular complexity index is 2110. The summed E-state index contributed by atoms with van der Waals surface area (Å²) in [7, 11) is 0. The third-order valence-corrected chi connectivity index (χ3v) is 10.2. The molecule has 1 unspecified atom stereocenters. The minimum absolute atomic E-state index is 0.0139. The number of nitrogens with one attached hydrogen (secondary N) is 1. The number of aromatic carboxylic acids is 2. The van der Waals surface area contributed by atoms with Gasteiger partial charge in [0, 0.05) is 45.7 Å². The molecule has 2 aromatic carbocycles. The van der Waals surface area contributed by atoms with Crippen LogP contribution in [0.3, 0.4) is 0 Å². The lowest BCUT2D eigenvalue weighted by molar-refractivity contribution is -0.127. The maximum atomic E-state index is 14.2. The number of nitrogens with zero attached hydrogens (tertiary/aromatic N) is 5. The van der Waals surface area contributed by atoms with Gasteiger partial charge < -0.3 is 39.4 Å². The molecule has 2 aliphatic rings. The lowest BCUT2D eigenvalue weighted by atomic mass is 10.0. The quantitative estimate of drug-likeness (QED) is 0.207. The van der Waals surface area contributed by atoms with Crippen LogP contribution in [-0.4, -0.2) is 139 Å². The number of pyridine rings is 2. The van der Waals surface area contributed by atoms with Crippen LogP contribution in [0.15, 0.2) is 84.9 Å². The summed E-state index contributed by atoms with van der Waals surface area (Å²) in [5, 5.41) is 22.1. The highest BCUT2D eigenvalue weighted by molar-refractivity contribution is 5.97. The molecule has 1 saturated heterocycles. The molecule has 61 heavy (non-hydrogen) atoms. The highest BCUT2D eigenvalue weighted by Gasteiger charge is 2.30. The fraction of sp³-hybridized carbons (Fsp3) is 0.378. The van der Waals surface area contributed by atoms with Crippen LogP contribution >= 0.6 is 0 Å². The second-order valence-electron chi connectivity index (χ2n) is 14.3. The first-order chi connectivity index (χ1) is 29.8. The smallest absolute Gasteiger partial charge is 0.354 e. The molecule has 4 heterocycles. The van der Waals surface area contributed by atoms with Gasteiger partial charge in [-0.3, -0.25) is 19.4 Å². The molecule has 0 spiro atoms. The molecular formula is C45H52N6O10. The zero-order chi connectivity index (χ0) is 42.8. The summed E-state index contributed by atoms with van der Waals surface area (Å²) in [6.07, 6.45) is 4.06. The molecule has 1 fully saturated rings. The molecule has 1 atom stereocenters. The molecule has 4 aromatic rings. The number of amides is 2. The van der Waals surface area contributed by atoms with Crippen molar-refractivity contribution in [3.05, 3.63) is 124 Å². The summed E-state index contributed by atoms with van der Waals surface area (Å²) in [4.78, 5) is 65.8. The Morgan fingerprint density at radius 1 is 0.639 bits per heavy atom. The van der Waals surface area contributed by atoms with Crippen molar-refractivity contribution in [3.8, 4) is 0 Å². The van der Waals surface area contributed by atoms with Gasteiger partial charge in [0.05, 0.1) is 76.5 Å². The number of rotatable bonds is 10. The van der Waals surface area contributed by atoms with Gasteiger partial charge in [-0.05, 0) is 47.0 Å². The van der Waals surface area contributed by atoms with E-state index in [1.54, 1.807) is 29.2 Å². The Balaban J connectivity index is 1.10. The van der Waals surface area contributed by atoms with Gasteiger partial charge in [0.2, 0.25) is 11.8 Å². The van der Waals surface area contributed by atoms with Crippen LogP contribution in [0, 0.1) is 0 Å². The summed E-state index contributed by atoms with van der Waals surface area (Å²) in [5.41, 5.74) is 4.34. The number of carboxylic acid groups (broad SMARTS) is 2. The van der Waals surface area contributed by atoms with Crippen LogP contribution in [0.5, 0.6) is 0 Å². The lowest BCUT2D eigenvalue weighted by Gasteiger charge is -2.31. The topological polar surface area (TPSA) is 193 Å². The van der Waals surface area contributed by atoms with Crippen molar-refractivity contribution in [2.75, 3.05) is 90.5 Å². The normalized spacial score (nSPS) is 17.5. The SMILES string of the molecule is O=C(O)c1cccc(CN2CCOCCOCCN(C(C(=O)NCCC(=O)N3Cc4ccccc4/C=C\c4ccccc43)c3cccc(C(=O)O)n3)CCOCCOCC2)n1. The number of carboxylic acids is 2. The first-order valence-corrected chi connectivity index (χ1v) is 20.4. The van der Waals surface area contributed by atoms with E-state index in [0.717, 1.165) is 22.4 Å². The average Bonchev–Trinajstić information content (AvgIpc) is 3.25. The number of anilines is 1. The van der Waals surface area contributed by atoms with Crippen LogP contribution in [0.2, 0.25) is 0 Å². The van der Waals surface area contributed by atoms with E-state index in [4.69, 9.17) is 18.9 Å². The molecule has 0 radical (unpaired) electrons. The summed E-state index contributed by atoms with van der Waals surface area (Å²) < 4.78 is 23.6. The molecule has 322 valence electrons. The molecule has 3 N–H and O–H groups in total. The van der Waals surface area contributed by atoms with Gasteiger partial charge in [0.15, 0.2) is 0 Å². The number of fused-ring (bicyclic) bond motifs is 2. The highest BCUT2D eigenvalue weighted by Crippen LogP contribution is 2.29. The van der Waals surface area contributed by atoms with Gasteiger partial charge in [0.1, 0.15) is 17.4 Å². The van der Waals surface area contributed by atoms with Crippen molar-refractivity contribution in [2.24, 2.45) is 0 Å². The average molecular weight is 837 g/mol. The van der Waals surface area contributed by atoms with Crippen LogP contribution in [-0.2, 0) is 41.6 Å². The first kappa shape index (κ1) is 44.7. The van der Waals surface area contributed by atoms with Gasteiger partial charge in [0.25, 0.3) is 0 Å². The van der Waals surface area contributed by atoms with Gasteiger partial charge in [-0.25, -0.2) is 19.6 Å². The van der Waals surface area contributed by atoms with E-state index in [0.29, 0.717) is 58.3 Å². The fourth-order valence-corrected chi connectivity index (χ4v) is 7.06. The monoisotopic (exact) mass is 836 g/mol. The van der Waals surface area contributed by atoms with Crippen LogP contribution in [0.25, 0.3) is 12.2 Å². The van der Waals surface area contributed by atoms with Gasteiger partial charge >= 0.3 is 11.9 Å². The Morgan fingerprint density at radius 3 is 1.89 bits per heavy atom. The van der Waals surface area contributed by atoms with E-state index >= 15 is 0 Å². The summed E-state index contributed by atoms with van der Waals surface area (Å²) in [6, 6.07) is 24.0. The number of aromatic nitrogens is 2. The molecule has 2 aliphatic heterocycles. The lowest BCUT2D eigenvalue weighted by Crippen LogP contribution is -2.45. The third-order valence-electron chi connectivity index (χ3n) is 10.2. The Labute approximate surface area is 354 Å². The standard InChI is InChI=1S/C45H52N6O10/c52-41(51-31-35-9-2-1-7-33(35)15-16-34-8-3-4-14-40(34)51)17-18-46-43(53)42(37-11-6-13-39(48-37)45(56)57)50-21-25-60-29-27-58-23-19-49(20-24-59-28-30-61-26-22-50)32-36-10-5-12-38(47-36)44(54)55/h1-16,42H,17-32H2,(H,46,53)(H,54,55)(H,56,57)/b16-15-. The number of ether oxygens (including phenoxy) is 4. The fourth-order valence-electron chi connectivity index (χ4n) is 7.06. The Morgan fingerprint density at radius 2 is 1.21 bits per heavy atom. The van der Waals surface area contributed by atoms with E-state index in [9.17, 15) is 29.4 Å².